The molecule has 1 N–H and O–H groups in total. The zero-order valence-corrected chi connectivity index (χ0v) is 21.9. The molecule has 0 radical (unpaired) electrons. The fraction of sp³-hybridized carbons (Fsp3) is 0.0417. The van der Waals surface area contributed by atoms with Crippen LogP contribution in [0.15, 0.2) is 79.7 Å². The maximum absolute atomic E-state index is 13.4. The fourth-order valence-corrected chi connectivity index (χ4v) is 4.95. The lowest BCUT2D eigenvalue weighted by Gasteiger charge is -2.26. The second kappa shape index (κ2) is 10.2. The Hall–Kier alpha value is -2.82. The zero-order valence-electron chi connectivity index (χ0n) is 17.2. The maximum Gasteiger partial charge on any atom is 0.335 e. The summed E-state index contributed by atoms with van der Waals surface area (Å²) in [5, 5.41) is 2.20. The van der Waals surface area contributed by atoms with Crippen molar-refractivity contribution in [1.29, 1.82) is 0 Å². The van der Waals surface area contributed by atoms with E-state index in [1.807, 2.05) is 0 Å². The van der Waals surface area contributed by atoms with Crippen LogP contribution in [0.3, 0.4) is 0 Å². The minimum absolute atomic E-state index is 0.139. The first-order chi connectivity index (χ1) is 16.2. The van der Waals surface area contributed by atoms with Gasteiger partial charge in [-0.1, -0.05) is 28.1 Å². The minimum atomic E-state index is -0.821. The number of halogens is 4. The Balaban J connectivity index is 1.60. The Morgan fingerprint density at radius 3 is 2.26 bits per heavy atom. The Labute approximate surface area is 219 Å². The van der Waals surface area contributed by atoms with E-state index >= 15 is 0 Å². The van der Waals surface area contributed by atoms with Crippen LogP contribution >= 0.6 is 47.8 Å². The predicted octanol–water partition coefficient (Wildman–Crippen LogP) is 6.36. The lowest BCUT2D eigenvalue weighted by atomic mass is 10.1. The summed E-state index contributed by atoms with van der Waals surface area (Å²) in [6, 6.07) is 15.1. The van der Waals surface area contributed by atoms with Crippen LogP contribution < -0.4 is 15.0 Å². The molecule has 172 valence electrons. The van der Waals surface area contributed by atoms with Crippen molar-refractivity contribution in [1.82, 2.24) is 5.32 Å². The van der Waals surface area contributed by atoms with Gasteiger partial charge >= 0.3 is 6.03 Å². The van der Waals surface area contributed by atoms with Gasteiger partial charge in [-0.3, -0.25) is 14.9 Å². The van der Waals surface area contributed by atoms with Gasteiger partial charge in [-0.15, -0.1) is 0 Å². The number of nitrogens with zero attached hydrogens (tertiary/aromatic N) is 1. The number of hydrogen-bond acceptors (Lipinski definition) is 4. The smallest absolute Gasteiger partial charge is 0.335 e. The molecule has 1 fully saturated rings. The average Bonchev–Trinajstić information content (AvgIpc) is 2.77. The molecule has 0 unspecified atom stereocenters. The van der Waals surface area contributed by atoms with Gasteiger partial charge in [0.1, 0.15) is 23.7 Å². The number of anilines is 1. The molecule has 10 heteroatoms. The number of rotatable bonds is 5. The minimum Gasteiger partial charge on any atom is -0.487 e. The van der Waals surface area contributed by atoms with Crippen LogP contribution in [0.1, 0.15) is 11.1 Å². The van der Waals surface area contributed by atoms with Crippen LogP contribution in [0.4, 0.5) is 14.9 Å². The van der Waals surface area contributed by atoms with E-state index in [-0.39, 0.29) is 18.0 Å². The van der Waals surface area contributed by atoms with E-state index in [1.54, 1.807) is 48.5 Å². The lowest BCUT2D eigenvalue weighted by Crippen LogP contribution is -2.54. The molecule has 0 atom stereocenters. The number of imide groups is 2. The van der Waals surface area contributed by atoms with Gasteiger partial charge < -0.3 is 4.74 Å². The van der Waals surface area contributed by atoms with E-state index in [2.05, 4.69) is 53.1 Å². The maximum atomic E-state index is 13.4. The molecular weight excluding hydrogens is 639 g/mol. The molecule has 0 aliphatic carbocycles. The fourth-order valence-electron chi connectivity index (χ4n) is 3.23. The number of carbonyl (C=O) groups is 3. The van der Waals surface area contributed by atoms with E-state index in [0.29, 0.717) is 31.5 Å². The van der Waals surface area contributed by atoms with Gasteiger partial charge in [-0.25, -0.2) is 14.1 Å². The number of ether oxygens (including phenoxy) is 1. The molecule has 3 aromatic carbocycles. The molecular formula is C24H14Br3FN2O4. The van der Waals surface area contributed by atoms with Gasteiger partial charge in [0, 0.05) is 4.47 Å². The number of carbonyl (C=O) groups excluding carboxylic acids is 3. The molecule has 4 amide bonds. The van der Waals surface area contributed by atoms with Crippen LogP contribution in [0, 0.1) is 5.82 Å². The van der Waals surface area contributed by atoms with E-state index in [1.165, 1.54) is 18.2 Å². The van der Waals surface area contributed by atoms with Gasteiger partial charge in [-0.05, 0) is 97.6 Å². The van der Waals surface area contributed by atoms with Crippen molar-refractivity contribution in [3.8, 4) is 5.75 Å². The molecule has 0 bridgehead atoms. The van der Waals surface area contributed by atoms with Crippen molar-refractivity contribution in [2.45, 2.75) is 6.61 Å². The lowest BCUT2D eigenvalue weighted by molar-refractivity contribution is -0.122. The predicted molar refractivity (Wildman–Crippen MR) is 136 cm³/mol. The van der Waals surface area contributed by atoms with Gasteiger partial charge in [0.05, 0.1) is 14.6 Å². The first-order valence-corrected chi connectivity index (χ1v) is 12.1. The summed E-state index contributed by atoms with van der Waals surface area (Å²) in [6.45, 7) is 0.139. The first kappa shape index (κ1) is 24.3. The van der Waals surface area contributed by atoms with Gasteiger partial charge in [0.15, 0.2) is 0 Å². The Morgan fingerprint density at radius 1 is 0.941 bits per heavy atom. The second-order valence-corrected chi connectivity index (χ2v) is 9.79. The highest BCUT2D eigenvalue weighted by atomic mass is 79.9. The summed E-state index contributed by atoms with van der Waals surface area (Å²) >= 11 is 10.2. The van der Waals surface area contributed by atoms with E-state index in [9.17, 15) is 18.8 Å². The highest BCUT2D eigenvalue weighted by Gasteiger charge is 2.36. The summed E-state index contributed by atoms with van der Waals surface area (Å²) in [6.07, 6.45) is 1.39. The first-order valence-electron chi connectivity index (χ1n) is 9.76. The monoisotopic (exact) mass is 650 g/mol. The van der Waals surface area contributed by atoms with Crippen molar-refractivity contribution >= 4 is 77.4 Å². The number of barbiturate groups is 1. The van der Waals surface area contributed by atoms with E-state index < -0.39 is 17.8 Å². The molecule has 4 rings (SSSR count). The number of hydrogen-bond donors (Lipinski definition) is 1. The van der Waals surface area contributed by atoms with E-state index in [4.69, 9.17) is 4.74 Å². The summed E-state index contributed by atoms with van der Waals surface area (Å²) in [5.41, 5.74) is 1.30. The highest BCUT2D eigenvalue weighted by molar-refractivity contribution is 9.11. The molecule has 6 nitrogen and oxygen atoms in total. The Kier molecular flexibility index (Phi) is 7.30. The standard InChI is InChI=1S/C24H14Br3FN2O4/c25-15-4-6-17(7-5-15)30-23(32)18(22(31)29-24(30)33)9-14-10-19(26)21(20(27)11-14)34-12-13-2-1-3-16(28)8-13/h1-11H,12H2,(H,29,31,33)/b18-9+. The van der Waals surface area contributed by atoms with Crippen molar-refractivity contribution < 1.29 is 23.5 Å². The second-order valence-electron chi connectivity index (χ2n) is 7.17. The van der Waals surface area contributed by atoms with Crippen LogP contribution in [0.25, 0.3) is 6.08 Å². The highest BCUT2D eigenvalue weighted by Crippen LogP contribution is 2.36. The molecule has 0 saturated carbocycles. The zero-order chi connectivity index (χ0) is 24.4. The molecule has 1 aliphatic heterocycles. The number of nitrogens with one attached hydrogen (secondary N) is 1. The summed E-state index contributed by atoms with van der Waals surface area (Å²) < 4.78 is 21.1. The number of amides is 4. The van der Waals surface area contributed by atoms with Crippen LogP contribution in [0.2, 0.25) is 0 Å². The third-order valence-electron chi connectivity index (χ3n) is 4.79. The van der Waals surface area contributed by atoms with Crippen molar-refractivity contribution in [3.63, 3.8) is 0 Å². The normalized spacial score (nSPS) is 15.0. The van der Waals surface area contributed by atoms with Gasteiger partial charge in [-0.2, -0.15) is 0 Å². The van der Waals surface area contributed by atoms with Crippen LogP contribution in [0.5, 0.6) is 5.75 Å². The third kappa shape index (κ3) is 5.29. The SMILES string of the molecule is O=C1NC(=O)N(c2ccc(Br)cc2)C(=O)/C1=C/c1cc(Br)c(OCc2cccc(F)c2)c(Br)c1. The van der Waals surface area contributed by atoms with Crippen molar-refractivity contribution in [3.05, 3.63) is 96.6 Å². The van der Waals surface area contributed by atoms with Gasteiger partial charge in [0.2, 0.25) is 0 Å². The molecule has 1 saturated heterocycles. The molecule has 34 heavy (non-hydrogen) atoms. The quantitative estimate of drug-likeness (QED) is 0.257. The molecule has 0 aromatic heterocycles. The molecule has 3 aromatic rings. The average molecular weight is 653 g/mol. The summed E-state index contributed by atoms with van der Waals surface area (Å²) in [4.78, 5) is 38.7. The third-order valence-corrected chi connectivity index (χ3v) is 6.50. The van der Waals surface area contributed by atoms with E-state index in [0.717, 1.165) is 9.37 Å². The Morgan fingerprint density at radius 2 is 1.62 bits per heavy atom. The topological polar surface area (TPSA) is 75.7 Å². The number of benzene rings is 3. The van der Waals surface area contributed by atoms with Crippen molar-refractivity contribution in [2.75, 3.05) is 4.90 Å². The Bertz CT molecular complexity index is 1320. The van der Waals surface area contributed by atoms with Crippen LogP contribution in [-0.4, -0.2) is 17.8 Å². The molecule has 1 heterocycles. The largest absolute Gasteiger partial charge is 0.487 e. The number of urea groups is 1. The molecule has 0 spiro atoms. The van der Waals surface area contributed by atoms with Gasteiger partial charge in [0.25, 0.3) is 11.8 Å². The summed E-state index contributed by atoms with van der Waals surface area (Å²) in [7, 11) is 0. The van der Waals surface area contributed by atoms with Crippen molar-refractivity contribution in [2.24, 2.45) is 0 Å². The van der Waals surface area contributed by atoms with Crippen LogP contribution in [-0.2, 0) is 16.2 Å². The summed E-state index contributed by atoms with van der Waals surface area (Å²) in [5.74, 6) is -1.42. The molecule has 1 aliphatic rings.